The van der Waals surface area contributed by atoms with E-state index in [9.17, 15) is 0 Å². The molecular formula is C13H30N2. The van der Waals surface area contributed by atoms with E-state index < -0.39 is 0 Å². The molecule has 0 aliphatic rings. The van der Waals surface area contributed by atoms with Gasteiger partial charge in [-0.05, 0) is 44.7 Å². The van der Waals surface area contributed by atoms with Gasteiger partial charge in [-0.1, -0.05) is 27.7 Å². The van der Waals surface area contributed by atoms with Crippen molar-refractivity contribution < 1.29 is 0 Å². The van der Waals surface area contributed by atoms with Crippen molar-refractivity contribution in [3.8, 4) is 0 Å². The SMILES string of the molecule is CCC(CC)N(C)CC(CC)(CC)CN. The van der Waals surface area contributed by atoms with Crippen molar-refractivity contribution in [2.24, 2.45) is 11.1 Å². The minimum absolute atomic E-state index is 0.331. The van der Waals surface area contributed by atoms with E-state index in [1.165, 1.54) is 25.7 Å². The molecule has 0 saturated carbocycles. The highest BCUT2D eigenvalue weighted by Gasteiger charge is 2.27. The van der Waals surface area contributed by atoms with Crippen LogP contribution in [0.5, 0.6) is 0 Å². The zero-order chi connectivity index (χ0) is 11.9. The van der Waals surface area contributed by atoms with E-state index in [2.05, 4.69) is 39.6 Å². The molecule has 0 fully saturated rings. The zero-order valence-corrected chi connectivity index (χ0v) is 11.3. The number of hydrogen-bond acceptors (Lipinski definition) is 2. The Morgan fingerprint density at radius 1 is 1.07 bits per heavy atom. The fourth-order valence-corrected chi connectivity index (χ4v) is 2.40. The van der Waals surface area contributed by atoms with Gasteiger partial charge in [0.25, 0.3) is 0 Å². The van der Waals surface area contributed by atoms with E-state index in [0.717, 1.165) is 13.1 Å². The molecule has 0 rings (SSSR count). The third kappa shape index (κ3) is 4.12. The lowest BCUT2D eigenvalue weighted by molar-refractivity contribution is 0.125. The molecule has 0 heterocycles. The molecule has 0 unspecified atom stereocenters. The Morgan fingerprint density at radius 3 is 1.80 bits per heavy atom. The fraction of sp³-hybridized carbons (Fsp3) is 1.00. The van der Waals surface area contributed by atoms with Gasteiger partial charge in [0, 0.05) is 12.6 Å². The lowest BCUT2D eigenvalue weighted by Crippen LogP contribution is -2.44. The van der Waals surface area contributed by atoms with Crippen molar-refractivity contribution in [2.45, 2.75) is 59.4 Å². The van der Waals surface area contributed by atoms with Crippen LogP contribution < -0.4 is 5.73 Å². The predicted octanol–water partition coefficient (Wildman–Crippen LogP) is 2.87. The zero-order valence-electron chi connectivity index (χ0n) is 11.3. The molecule has 0 aliphatic carbocycles. The molecule has 0 aromatic heterocycles. The summed E-state index contributed by atoms with van der Waals surface area (Å²) in [5.74, 6) is 0. The van der Waals surface area contributed by atoms with E-state index in [0.29, 0.717) is 11.5 Å². The summed E-state index contributed by atoms with van der Waals surface area (Å²) in [6, 6.07) is 0.717. The second-order valence-electron chi connectivity index (χ2n) is 4.80. The molecule has 2 N–H and O–H groups in total. The number of rotatable bonds is 8. The summed E-state index contributed by atoms with van der Waals surface area (Å²) in [6.45, 7) is 11.0. The minimum atomic E-state index is 0.331. The number of nitrogens with two attached hydrogens (primary N) is 1. The van der Waals surface area contributed by atoms with Crippen LogP contribution >= 0.6 is 0 Å². The Hall–Kier alpha value is -0.0800. The van der Waals surface area contributed by atoms with Crippen LogP contribution in [-0.4, -0.2) is 31.1 Å². The first kappa shape index (κ1) is 14.9. The normalized spacial score (nSPS) is 12.8. The maximum absolute atomic E-state index is 5.93. The molecule has 0 radical (unpaired) electrons. The van der Waals surface area contributed by atoms with Gasteiger partial charge in [0.15, 0.2) is 0 Å². The van der Waals surface area contributed by atoms with Gasteiger partial charge in [-0.2, -0.15) is 0 Å². The Morgan fingerprint density at radius 2 is 1.53 bits per heavy atom. The van der Waals surface area contributed by atoms with Gasteiger partial charge >= 0.3 is 0 Å². The van der Waals surface area contributed by atoms with Crippen LogP contribution in [0, 0.1) is 5.41 Å². The van der Waals surface area contributed by atoms with E-state index in [4.69, 9.17) is 5.73 Å². The highest BCUT2D eigenvalue weighted by Crippen LogP contribution is 2.27. The molecule has 92 valence electrons. The Labute approximate surface area is 96.2 Å². The summed E-state index contributed by atoms with van der Waals surface area (Å²) in [6.07, 6.45) is 4.84. The van der Waals surface area contributed by atoms with Crippen molar-refractivity contribution in [2.75, 3.05) is 20.1 Å². The van der Waals surface area contributed by atoms with Crippen LogP contribution in [0.4, 0.5) is 0 Å². The smallest absolute Gasteiger partial charge is 0.00872 e. The summed E-state index contributed by atoms with van der Waals surface area (Å²) in [5.41, 5.74) is 6.26. The largest absolute Gasteiger partial charge is 0.330 e. The van der Waals surface area contributed by atoms with Crippen LogP contribution in [0.25, 0.3) is 0 Å². The molecule has 15 heavy (non-hydrogen) atoms. The molecule has 0 spiro atoms. The van der Waals surface area contributed by atoms with Crippen molar-refractivity contribution in [1.82, 2.24) is 4.90 Å². The quantitative estimate of drug-likeness (QED) is 0.673. The van der Waals surface area contributed by atoms with Gasteiger partial charge in [-0.15, -0.1) is 0 Å². The first-order valence-electron chi connectivity index (χ1n) is 6.49. The average molecular weight is 214 g/mol. The number of hydrogen-bond donors (Lipinski definition) is 1. The van der Waals surface area contributed by atoms with Gasteiger partial charge in [-0.3, -0.25) is 0 Å². The minimum Gasteiger partial charge on any atom is -0.330 e. The van der Waals surface area contributed by atoms with Gasteiger partial charge < -0.3 is 10.6 Å². The molecule has 0 atom stereocenters. The lowest BCUT2D eigenvalue weighted by Gasteiger charge is -2.38. The summed E-state index contributed by atoms with van der Waals surface area (Å²) >= 11 is 0. The fourth-order valence-electron chi connectivity index (χ4n) is 2.40. The van der Waals surface area contributed by atoms with Gasteiger partial charge in [-0.25, -0.2) is 0 Å². The summed E-state index contributed by atoms with van der Waals surface area (Å²) < 4.78 is 0. The van der Waals surface area contributed by atoms with E-state index in [1.54, 1.807) is 0 Å². The first-order chi connectivity index (χ1) is 7.09. The molecular weight excluding hydrogens is 184 g/mol. The van der Waals surface area contributed by atoms with Crippen LogP contribution in [0.1, 0.15) is 53.4 Å². The third-order valence-corrected chi connectivity index (χ3v) is 4.08. The molecule has 0 bridgehead atoms. The molecule has 0 aromatic carbocycles. The highest BCUT2D eigenvalue weighted by atomic mass is 15.1. The average Bonchev–Trinajstić information content (AvgIpc) is 2.28. The molecule has 2 heteroatoms. The van der Waals surface area contributed by atoms with Crippen LogP contribution in [0.3, 0.4) is 0 Å². The summed E-state index contributed by atoms with van der Waals surface area (Å²) in [7, 11) is 2.24. The maximum Gasteiger partial charge on any atom is 0.00872 e. The molecule has 0 amide bonds. The molecule has 0 aliphatic heterocycles. The number of nitrogens with zero attached hydrogens (tertiary/aromatic N) is 1. The van der Waals surface area contributed by atoms with Crippen molar-refractivity contribution in [3.63, 3.8) is 0 Å². The highest BCUT2D eigenvalue weighted by molar-refractivity contribution is 4.82. The lowest BCUT2D eigenvalue weighted by atomic mass is 9.81. The van der Waals surface area contributed by atoms with Gasteiger partial charge in [0.2, 0.25) is 0 Å². The van der Waals surface area contributed by atoms with Crippen molar-refractivity contribution in [3.05, 3.63) is 0 Å². The summed E-state index contributed by atoms with van der Waals surface area (Å²) in [5, 5.41) is 0. The molecule has 2 nitrogen and oxygen atoms in total. The second kappa shape index (κ2) is 7.24. The predicted molar refractivity (Wildman–Crippen MR) is 69.1 cm³/mol. The maximum atomic E-state index is 5.93. The summed E-state index contributed by atoms with van der Waals surface area (Å²) in [4.78, 5) is 2.50. The van der Waals surface area contributed by atoms with Crippen LogP contribution in [-0.2, 0) is 0 Å². The van der Waals surface area contributed by atoms with E-state index in [1.807, 2.05) is 0 Å². The molecule has 0 aromatic rings. The van der Waals surface area contributed by atoms with Gasteiger partial charge in [0.1, 0.15) is 0 Å². The van der Waals surface area contributed by atoms with Gasteiger partial charge in [0.05, 0.1) is 0 Å². The van der Waals surface area contributed by atoms with Crippen LogP contribution in [0.15, 0.2) is 0 Å². The Balaban J connectivity index is 4.39. The topological polar surface area (TPSA) is 29.3 Å². The Bertz CT molecular complexity index is 140. The standard InChI is InChI=1S/C13H30N2/c1-6-12(7-2)15(5)11-13(8-3,9-4)10-14/h12H,6-11,14H2,1-5H3. The van der Waals surface area contributed by atoms with E-state index in [-0.39, 0.29) is 0 Å². The monoisotopic (exact) mass is 214 g/mol. The Kier molecular flexibility index (Phi) is 7.20. The van der Waals surface area contributed by atoms with E-state index >= 15 is 0 Å². The second-order valence-corrected chi connectivity index (χ2v) is 4.80. The van der Waals surface area contributed by atoms with Crippen molar-refractivity contribution >= 4 is 0 Å². The first-order valence-corrected chi connectivity index (χ1v) is 6.49. The van der Waals surface area contributed by atoms with Crippen LogP contribution in [0.2, 0.25) is 0 Å². The third-order valence-electron chi connectivity index (χ3n) is 4.08. The van der Waals surface area contributed by atoms with Crippen molar-refractivity contribution in [1.29, 1.82) is 0 Å². The molecule has 0 saturated heterocycles.